The first-order chi connectivity index (χ1) is 8.97. The number of carbonyl (C=O) groups is 1. The third-order valence-corrected chi connectivity index (χ3v) is 2.95. The summed E-state index contributed by atoms with van der Waals surface area (Å²) in [5, 5.41) is 22.7. The number of para-hydroxylation sites is 1. The molecule has 19 heavy (non-hydrogen) atoms. The Morgan fingerprint density at radius 1 is 1.58 bits per heavy atom. The van der Waals surface area contributed by atoms with Gasteiger partial charge in [-0.3, -0.25) is 14.9 Å². The summed E-state index contributed by atoms with van der Waals surface area (Å²) in [5.41, 5.74) is -0.485. The van der Waals surface area contributed by atoms with Crippen LogP contribution >= 0.6 is 11.6 Å². The van der Waals surface area contributed by atoms with E-state index in [2.05, 4.69) is 5.32 Å². The highest BCUT2D eigenvalue weighted by Crippen LogP contribution is 2.27. The molecule has 0 aromatic heterocycles. The fraction of sp³-hybridized carbons (Fsp3) is 0.417. The molecule has 1 aromatic carbocycles. The molecular formula is C12H15ClN2O4. The highest BCUT2D eigenvalue weighted by molar-refractivity contribution is 6.33. The molecule has 0 heterocycles. The quantitative estimate of drug-likeness (QED) is 0.619. The first kappa shape index (κ1) is 15.4. The maximum atomic E-state index is 11.8. The van der Waals surface area contributed by atoms with E-state index in [1.807, 2.05) is 6.92 Å². The number of nitro groups is 1. The molecule has 1 aromatic rings. The highest BCUT2D eigenvalue weighted by atomic mass is 35.5. The average molecular weight is 287 g/mol. The minimum atomic E-state index is -0.682. The third kappa shape index (κ3) is 4.18. The number of hydrogen-bond acceptors (Lipinski definition) is 4. The lowest BCUT2D eigenvalue weighted by molar-refractivity contribution is -0.385. The smallest absolute Gasteiger partial charge is 0.300 e. The van der Waals surface area contributed by atoms with Gasteiger partial charge in [0, 0.05) is 6.54 Å². The van der Waals surface area contributed by atoms with Crippen LogP contribution in [0.2, 0.25) is 5.02 Å². The molecule has 0 aliphatic heterocycles. The zero-order chi connectivity index (χ0) is 14.4. The van der Waals surface area contributed by atoms with Crippen molar-refractivity contribution in [2.24, 2.45) is 0 Å². The van der Waals surface area contributed by atoms with Crippen LogP contribution in [0.15, 0.2) is 18.2 Å². The predicted molar refractivity (Wildman–Crippen MR) is 71.4 cm³/mol. The Balaban J connectivity index is 2.77. The molecule has 1 atom stereocenters. The molecular weight excluding hydrogens is 272 g/mol. The first-order valence-electron chi connectivity index (χ1n) is 5.86. The van der Waals surface area contributed by atoms with Crippen molar-refractivity contribution in [3.63, 3.8) is 0 Å². The van der Waals surface area contributed by atoms with E-state index in [1.165, 1.54) is 18.2 Å². The number of nitrogens with zero attached hydrogens (tertiary/aromatic N) is 1. The average Bonchev–Trinajstić information content (AvgIpc) is 2.37. The minimum Gasteiger partial charge on any atom is -0.393 e. The maximum Gasteiger partial charge on any atom is 0.300 e. The number of benzene rings is 1. The molecule has 0 fully saturated rings. The second-order valence-corrected chi connectivity index (χ2v) is 4.41. The zero-order valence-electron chi connectivity index (χ0n) is 10.4. The molecule has 0 aliphatic rings. The fourth-order valence-electron chi connectivity index (χ4n) is 1.54. The normalized spacial score (nSPS) is 11.9. The second-order valence-electron chi connectivity index (χ2n) is 4.00. The molecule has 0 saturated heterocycles. The molecule has 0 aliphatic carbocycles. The number of nitro benzene ring substituents is 1. The van der Waals surface area contributed by atoms with E-state index >= 15 is 0 Å². The van der Waals surface area contributed by atoms with Gasteiger partial charge in [-0.25, -0.2) is 0 Å². The molecule has 0 saturated carbocycles. The van der Waals surface area contributed by atoms with Crippen LogP contribution in [0.5, 0.6) is 0 Å². The van der Waals surface area contributed by atoms with Gasteiger partial charge >= 0.3 is 5.69 Å². The van der Waals surface area contributed by atoms with Crippen LogP contribution < -0.4 is 5.32 Å². The number of rotatable bonds is 6. The van der Waals surface area contributed by atoms with Crippen molar-refractivity contribution in [1.82, 2.24) is 5.32 Å². The number of halogens is 1. The second kappa shape index (κ2) is 7.06. The van der Waals surface area contributed by atoms with Crippen LogP contribution in [0, 0.1) is 10.1 Å². The van der Waals surface area contributed by atoms with Gasteiger partial charge in [-0.2, -0.15) is 0 Å². The zero-order valence-corrected chi connectivity index (χ0v) is 11.2. The van der Waals surface area contributed by atoms with Crippen molar-refractivity contribution >= 4 is 23.2 Å². The van der Waals surface area contributed by atoms with Gasteiger partial charge in [0.25, 0.3) is 5.91 Å². The Bertz CT molecular complexity index is 479. The van der Waals surface area contributed by atoms with Gasteiger partial charge in [0.15, 0.2) is 0 Å². The summed E-state index contributed by atoms with van der Waals surface area (Å²) in [5.74, 6) is -0.572. The van der Waals surface area contributed by atoms with Crippen molar-refractivity contribution in [3.8, 4) is 0 Å². The van der Waals surface area contributed by atoms with Crippen LogP contribution in [0.25, 0.3) is 0 Å². The van der Waals surface area contributed by atoms with E-state index in [-0.39, 0.29) is 17.1 Å². The molecule has 1 rings (SSSR count). The Morgan fingerprint density at radius 3 is 2.84 bits per heavy atom. The van der Waals surface area contributed by atoms with Gasteiger partial charge in [-0.1, -0.05) is 24.6 Å². The number of nitrogens with one attached hydrogen (secondary N) is 1. The fourth-order valence-corrected chi connectivity index (χ4v) is 1.78. The van der Waals surface area contributed by atoms with Crippen molar-refractivity contribution in [2.45, 2.75) is 25.9 Å². The van der Waals surface area contributed by atoms with Gasteiger partial charge in [0.1, 0.15) is 10.6 Å². The topological polar surface area (TPSA) is 92.5 Å². The van der Waals surface area contributed by atoms with E-state index < -0.39 is 22.6 Å². The van der Waals surface area contributed by atoms with E-state index in [9.17, 15) is 20.0 Å². The summed E-state index contributed by atoms with van der Waals surface area (Å²) in [6, 6.07) is 4.18. The van der Waals surface area contributed by atoms with Gasteiger partial charge in [-0.05, 0) is 25.0 Å². The van der Waals surface area contributed by atoms with E-state index in [0.717, 1.165) is 0 Å². The molecule has 104 valence electrons. The summed E-state index contributed by atoms with van der Waals surface area (Å²) >= 11 is 5.71. The first-order valence-corrected chi connectivity index (χ1v) is 6.24. The van der Waals surface area contributed by atoms with Crippen molar-refractivity contribution in [2.75, 3.05) is 6.54 Å². The monoisotopic (exact) mass is 286 g/mol. The van der Waals surface area contributed by atoms with Crippen LogP contribution in [-0.2, 0) is 0 Å². The molecule has 6 nitrogen and oxygen atoms in total. The van der Waals surface area contributed by atoms with Crippen molar-refractivity contribution in [3.05, 3.63) is 38.9 Å². The lowest BCUT2D eigenvalue weighted by Gasteiger charge is -2.09. The van der Waals surface area contributed by atoms with E-state index in [1.54, 1.807) is 0 Å². The molecule has 0 spiro atoms. The molecule has 0 bridgehead atoms. The van der Waals surface area contributed by atoms with Gasteiger partial charge in [-0.15, -0.1) is 0 Å². The summed E-state index contributed by atoms with van der Waals surface area (Å²) in [6.07, 6.45) is 0.499. The standard InChI is InChI=1S/C12H15ClN2O4/c1-2-8(16)6-7-14-12(17)9-4-3-5-10(13)11(9)15(18)19/h3-5,8,16H,2,6-7H2,1H3,(H,14,17). The molecule has 1 amide bonds. The number of carbonyl (C=O) groups excluding carboxylic acids is 1. The lowest BCUT2D eigenvalue weighted by Crippen LogP contribution is -2.27. The highest BCUT2D eigenvalue weighted by Gasteiger charge is 2.23. The molecule has 7 heteroatoms. The van der Waals surface area contributed by atoms with Crippen molar-refractivity contribution < 1.29 is 14.8 Å². The molecule has 1 unspecified atom stereocenters. The number of amides is 1. The van der Waals surface area contributed by atoms with Gasteiger partial charge in [0.2, 0.25) is 0 Å². The van der Waals surface area contributed by atoms with Crippen LogP contribution in [0.4, 0.5) is 5.69 Å². The summed E-state index contributed by atoms with van der Waals surface area (Å²) in [6.45, 7) is 2.08. The summed E-state index contributed by atoms with van der Waals surface area (Å²) < 4.78 is 0. The SMILES string of the molecule is CCC(O)CCNC(=O)c1cccc(Cl)c1[N+](=O)[O-]. The third-order valence-electron chi connectivity index (χ3n) is 2.65. The van der Waals surface area contributed by atoms with Gasteiger partial charge in [0.05, 0.1) is 11.0 Å². The van der Waals surface area contributed by atoms with Crippen LogP contribution in [0.1, 0.15) is 30.1 Å². The van der Waals surface area contributed by atoms with Gasteiger partial charge < -0.3 is 10.4 Å². The Labute approximate surface area is 115 Å². The van der Waals surface area contributed by atoms with E-state index in [0.29, 0.717) is 12.8 Å². The predicted octanol–water partition coefficient (Wildman–Crippen LogP) is 2.14. The minimum absolute atomic E-state index is 0.0776. The largest absolute Gasteiger partial charge is 0.393 e. The maximum absolute atomic E-state index is 11.8. The lowest BCUT2D eigenvalue weighted by atomic mass is 10.1. The Hall–Kier alpha value is -1.66. The Kier molecular flexibility index (Phi) is 5.72. The molecule has 2 N–H and O–H groups in total. The van der Waals surface area contributed by atoms with Crippen molar-refractivity contribution in [1.29, 1.82) is 0 Å². The summed E-state index contributed by atoms with van der Waals surface area (Å²) in [7, 11) is 0. The summed E-state index contributed by atoms with van der Waals surface area (Å²) in [4.78, 5) is 22.0. The Morgan fingerprint density at radius 2 is 2.26 bits per heavy atom. The number of aliphatic hydroxyl groups excluding tert-OH is 1. The van der Waals surface area contributed by atoms with Crippen LogP contribution in [0.3, 0.4) is 0 Å². The molecule has 0 radical (unpaired) electrons. The van der Waals surface area contributed by atoms with E-state index in [4.69, 9.17) is 11.6 Å². The number of aliphatic hydroxyl groups is 1. The number of hydrogen-bond donors (Lipinski definition) is 2. The van der Waals surface area contributed by atoms with Crippen LogP contribution in [-0.4, -0.2) is 28.6 Å².